The number of aryl methyl sites for hydroxylation is 1. The summed E-state index contributed by atoms with van der Waals surface area (Å²) < 4.78 is 69.0. The van der Waals surface area contributed by atoms with Crippen molar-refractivity contribution >= 4 is 23.9 Å². The zero-order valence-electron chi connectivity index (χ0n) is 23.6. The summed E-state index contributed by atoms with van der Waals surface area (Å²) in [6, 6.07) is 2.68. The van der Waals surface area contributed by atoms with Gasteiger partial charge >= 0.3 is 6.18 Å². The van der Waals surface area contributed by atoms with Crippen LogP contribution in [0.3, 0.4) is 0 Å². The molecule has 1 saturated heterocycles. The molecular formula is C28H37F5N6O. The zero-order chi connectivity index (χ0) is 30.3. The molecule has 0 radical (unpaired) electrons. The van der Waals surface area contributed by atoms with Crippen molar-refractivity contribution in [2.75, 3.05) is 20.1 Å². The molecule has 0 aliphatic carbocycles. The molecular weight excluding hydrogens is 531 g/mol. The molecule has 0 saturated carbocycles. The molecule has 0 aromatic carbocycles. The molecule has 2 unspecified atom stereocenters. The number of pyridine rings is 1. The zero-order valence-corrected chi connectivity index (χ0v) is 23.6. The number of aromatic nitrogens is 1. The normalized spacial score (nSPS) is 21.5. The number of carbonyl (C=O) groups is 1. The lowest BCUT2D eigenvalue weighted by Gasteiger charge is -2.43. The molecule has 2 heterocycles. The van der Waals surface area contributed by atoms with Gasteiger partial charge in [-0.1, -0.05) is 26.0 Å². The van der Waals surface area contributed by atoms with Gasteiger partial charge in [0.1, 0.15) is 11.5 Å². The Labute approximate surface area is 231 Å². The van der Waals surface area contributed by atoms with Gasteiger partial charge in [0.2, 0.25) is 0 Å². The SMILES string of the molecule is C\C=C(/C=N\C(NCC1C(C)CC(F)(F)CN1C(=O)C(N)=C(C=NC)c1ccc(C)nc1)=C(\C)CC)C(F)(F)F. The van der Waals surface area contributed by atoms with Crippen LogP contribution in [0.15, 0.2) is 57.1 Å². The number of carbonyl (C=O) groups excluding carboxylic acids is 1. The number of nitrogens with two attached hydrogens (primary N) is 1. The number of amides is 1. The first kappa shape index (κ1) is 32.6. The average Bonchev–Trinajstić information content (AvgIpc) is 2.88. The van der Waals surface area contributed by atoms with Crippen LogP contribution in [0.5, 0.6) is 0 Å². The standard InChI is InChI=1S/C28H37F5N6O/c1-7-17(3)25(37-13-21(8-2)28(31,32)33)38-15-23-18(4)11-27(29,30)16-39(23)26(40)24(34)22(14-35-6)20-10-9-19(5)36-12-20/h8-10,12-14,18,23,38H,7,11,15-16,34H2,1-6H3/b21-8+,24-22?,25-17+,35-14?,37-13-. The fourth-order valence-corrected chi connectivity index (χ4v) is 4.33. The van der Waals surface area contributed by atoms with Crippen molar-refractivity contribution in [3.63, 3.8) is 0 Å². The highest BCUT2D eigenvalue weighted by Crippen LogP contribution is 2.35. The highest BCUT2D eigenvalue weighted by atomic mass is 19.4. The van der Waals surface area contributed by atoms with Crippen molar-refractivity contribution in [1.82, 2.24) is 15.2 Å². The number of alkyl halides is 5. The molecule has 7 nitrogen and oxygen atoms in total. The molecule has 0 spiro atoms. The van der Waals surface area contributed by atoms with Gasteiger partial charge in [0.15, 0.2) is 0 Å². The number of halogens is 5. The van der Waals surface area contributed by atoms with E-state index in [4.69, 9.17) is 5.73 Å². The van der Waals surface area contributed by atoms with Gasteiger partial charge in [0.25, 0.3) is 11.8 Å². The number of piperidine rings is 1. The lowest BCUT2D eigenvalue weighted by Crippen LogP contribution is -2.59. The van der Waals surface area contributed by atoms with Crippen LogP contribution in [0.4, 0.5) is 22.0 Å². The van der Waals surface area contributed by atoms with E-state index in [0.29, 0.717) is 17.6 Å². The third-order valence-electron chi connectivity index (χ3n) is 6.73. The van der Waals surface area contributed by atoms with Gasteiger partial charge in [-0.3, -0.25) is 14.8 Å². The van der Waals surface area contributed by atoms with Gasteiger partial charge in [0.05, 0.1) is 18.2 Å². The number of allylic oxidation sites excluding steroid dienone is 4. The second-order valence-electron chi connectivity index (χ2n) is 9.80. The number of nitrogens with one attached hydrogen (secondary N) is 1. The maximum absolute atomic E-state index is 14.7. The topological polar surface area (TPSA) is 96.0 Å². The molecule has 1 aliphatic rings. The molecule has 1 aromatic rings. The van der Waals surface area contributed by atoms with Gasteiger partial charge < -0.3 is 16.0 Å². The summed E-state index contributed by atoms with van der Waals surface area (Å²) >= 11 is 0. The summed E-state index contributed by atoms with van der Waals surface area (Å²) in [5.74, 6) is -4.44. The Morgan fingerprint density at radius 3 is 2.50 bits per heavy atom. The van der Waals surface area contributed by atoms with Crippen molar-refractivity contribution in [2.24, 2.45) is 21.6 Å². The third-order valence-corrected chi connectivity index (χ3v) is 6.73. The van der Waals surface area contributed by atoms with E-state index in [-0.39, 0.29) is 23.6 Å². The number of aliphatic imine (C=N–C) groups is 2. The Kier molecular flexibility index (Phi) is 11.2. The van der Waals surface area contributed by atoms with Crippen LogP contribution in [0, 0.1) is 12.8 Å². The van der Waals surface area contributed by atoms with Crippen LogP contribution in [0.25, 0.3) is 5.57 Å². The quantitative estimate of drug-likeness (QED) is 0.236. The number of likely N-dealkylation sites (tertiary alicyclic amines) is 1. The molecule has 1 fully saturated rings. The predicted molar refractivity (Wildman–Crippen MR) is 148 cm³/mol. The van der Waals surface area contributed by atoms with Crippen LogP contribution in [-0.2, 0) is 4.79 Å². The van der Waals surface area contributed by atoms with Gasteiger partial charge in [-0.15, -0.1) is 0 Å². The summed E-state index contributed by atoms with van der Waals surface area (Å²) in [5.41, 5.74) is 7.21. The lowest BCUT2D eigenvalue weighted by atomic mass is 9.88. The van der Waals surface area contributed by atoms with E-state index >= 15 is 0 Å². The summed E-state index contributed by atoms with van der Waals surface area (Å²) in [6.45, 7) is 7.27. The van der Waals surface area contributed by atoms with E-state index < -0.39 is 48.5 Å². The van der Waals surface area contributed by atoms with Crippen LogP contribution in [0.1, 0.15) is 51.8 Å². The minimum absolute atomic E-state index is 0.0270. The third kappa shape index (κ3) is 8.46. The van der Waals surface area contributed by atoms with E-state index in [1.54, 1.807) is 32.9 Å². The van der Waals surface area contributed by atoms with Gasteiger partial charge in [-0.2, -0.15) is 13.2 Å². The Morgan fingerprint density at radius 1 is 1.30 bits per heavy atom. The molecule has 1 aliphatic heterocycles. The molecule has 3 N–H and O–H groups in total. The number of rotatable bonds is 9. The summed E-state index contributed by atoms with van der Waals surface area (Å²) in [5, 5.41) is 3.00. The first-order chi connectivity index (χ1) is 18.6. The molecule has 220 valence electrons. The van der Waals surface area contributed by atoms with E-state index in [2.05, 4.69) is 20.3 Å². The minimum Gasteiger partial charge on any atom is -0.394 e. The predicted octanol–water partition coefficient (Wildman–Crippen LogP) is 5.44. The number of nitrogens with zero attached hydrogens (tertiary/aromatic N) is 4. The Balaban J connectivity index is 2.46. The smallest absolute Gasteiger partial charge is 0.394 e. The average molecular weight is 569 g/mol. The molecule has 12 heteroatoms. The van der Waals surface area contributed by atoms with Crippen molar-refractivity contribution in [1.29, 1.82) is 0 Å². The van der Waals surface area contributed by atoms with E-state index in [1.165, 1.54) is 26.4 Å². The van der Waals surface area contributed by atoms with Gasteiger partial charge in [-0.05, 0) is 44.7 Å². The first-order valence-electron chi connectivity index (χ1n) is 12.9. The highest BCUT2D eigenvalue weighted by Gasteiger charge is 2.46. The Hall–Kier alpha value is -3.57. The largest absolute Gasteiger partial charge is 0.417 e. The maximum Gasteiger partial charge on any atom is 0.417 e. The highest BCUT2D eigenvalue weighted by molar-refractivity contribution is 6.18. The molecule has 2 rings (SSSR count). The number of hydrogen-bond donors (Lipinski definition) is 2. The molecule has 2 atom stereocenters. The molecule has 0 bridgehead atoms. The fourth-order valence-electron chi connectivity index (χ4n) is 4.33. The van der Waals surface area contributed by atoms with Crippen LogP contribution >= 0.6 is 0 Å². The Morgan fingerprint density at radius 2 is 1.98 bits per heavy atom. The Bertz CT molecular complexity index is 1200. The monoisotopic (exact) mass is 568 g/mol. The summed E-state index contributed by atoms with van der Waals surface area (Å²) in [4.78, 5) is 26.8. The number of hydrogen-bond acceptors (Lipinski definition) is 6. The van der Waals surface area contributed by atoms with Crippen molar-refractivity contribution in [3.05, 3.63) is 58.3 Å². The minimum atomic E-state index is -4.58. The van der Waals surface area contributed by atoms with E-state index in [1.807, 2.05) is 6.92 Å². The van der Waals surface area contributed by atoms with Crippen molar-refractivity contribution in [3.8, 4) is 0 Å². The van der Waals surface area contributed by atoms with Crippen LogP contribution in [0.2, 0.25) is 0 Å². The lowest BCUT2D eigenvalue weighted by molar-refractivity contribution is -0.148. The molecule has 40 heavy (non-hydrogen) atoms. The second-order valence-corrected chi connectivity index (χ2v) is 9.80. The van der Waals surface area contributed by atoms with Gasteiger partial charge in [0, 0.05) is 55.5 Å². The molecule has 1 amide bonds. The maximum atomic E-state index is 14.7. The fraction of sp³-hybridized carbons (Fsp3) is 0.500. The van der Waals surface area contributed by atoms with E-state index in [9.17, 15) is 26.7 Å². The van der Waals surface area contributed by atoms with Crippen LogP contribution < -0.4 is 11.1 Å². The second kappa shape index (κ2) is 13.7. The van der Waals surface area contributed by atoms with Crippen LogP contribution in [-0.4, -0.2) is 66.5 Å². The van der Waals surface area contributed by atoms with E-state index in [0.717, 1.165) is 22.9 Å². The van der Waals surface area contributed by atoms with Gasteiger partial charge in [-0.25, -0.2) is 13.8 Å². The molecule has 1 aromatic heterocycles. The summed E-state index contributed by atoms with van der Waals surface area (Å²) in [6.07, 6.45) is -0.0485. The summed E-state index contributed by atoms with van der Waals surface area (Å²) in [7, 11) is 1.49. The first-order valence-corrected chi connectivity index (χ1v) is 12.9. The van der Waals surface area contributed by atoms with Crippen molar-refractivity contribution in [2.45, 2.75) is 65.6 Å². The van der Waals surface area contributed by atoms with Crippen molar-refractivity contribution < 1.29 is 26.7 Å².